The first-order valence-corrected chi connectivity index (χ1v) is 15.0. The summed E-state index contributed by atoms with van der Waals surface area (Å²) in [6.07, 6.45) is 6.63. The number of aliphatic hydroxyl groups is 1. The molecule has 1 aromatic carbocycles. The molecular formula is C32H32F3N7O2. The van der Waals surface area contributed by atoms with Crippen molar-refractivity contribution in [3.8, 4) is 22.8 Å². The number of amides is 1. The number of alkyl halides is 3. The summed E-state index contributed by atoms with van der Waals surface area (Å²) in [6, 6.07) is 11.1. The second-order valence-electron chi connectivity index (χ2n) is 11.9. The van der Waals surface area contributed by atoms with E-state index in [4.69, 9.17) is 0 Å². The first-order chi connectivity index (χ1) is 21.2. The van der Waals surface area contributed by atoms with Gasteiger partial charge in [0.25, 0.3) is 5.91 Å². The van der Waals surface area contributed by atoms with Gasteiger partial charge in [-0.25, -0.2) is 15.0 Å². The topological polar surface area (TPSA) is 111 Å². The minimum absolute atomic E-state index is 0.0676. The first kappa shape index (κ1) is 28.6. The number of likely N-dealkylation sites (tertiary alicyclic amines) is 2. The third kappa shape index (κ3) is 5.26. The number of nitrogens with one attached hydrogen (secondary N) is 1. The van der Waals surface area contributed by atoms with Crippen molar-refractivity contribution < 1.29 is 23.1 Å². The Labute approximate surface area is 252 Å². The summed E-state index contributed by atoms with van der Waals surface area (Å²) in [5, 5.41) is 11.5. The van der Waals surface area contributed by atoms with Crippen LogP contribution in [0.15, 0.2) is 67.3 Å². The Kier molecular flexibility index (Phi) is 7.20. The second-order valence-corrected chi connectivity index (χ2v) is 11.9. The summed E-state index contributed by atoms with van der Waals surface area (Å²) in [5.74, 6) is 0.646. The van der Waals surface area contributed by atoms with Crippen molar-refractivity contribution in [2.24, 2.45) is 0 Å². The highest BCUT2D eigenvalue weighted by Crippen LogP contribution is 2.42. The van der Waals surface area contributed by atoms with Crippen LogP contribution < -0.4 is 0 Å². The van der Waals surface area contributed by atoms with Gasteiger partial charge in [-0.2, -0.15) is 13.2 Å². The maximum atomic E-state index is 13.5. The van der Waals surface area contributed by atoms with E-state index in [2.05, 4.69) is 29.8 Å². The van der Waals surface area contributed by atoms with Gasteiger partial charge in [-0.15, -0.1) is 0 Å². The molecule has 2 atom stereocenters. The second kappa shape index (κ2) is 11.1. The van der Waals surface area contributed by atoms with Crippen LogP contribution in [-0.4, -0.2) is 76.9 Å². The van der Waals surface area contributed by atoms with Gasteiger partial charge in [0.05, 0.1) is 17.5 Å². The molecule has 4 aromatic rings. The average Bonchev–Trinajstić information content (AvgIpc) is 3.79. The molecule has 12 heteroatoms. The van der Waals surface area contributed by atoms with E-state index >= 15 is 0 Å². The molecule has 44 heavy (non-hydrogen) atoms. The first-order valence-electron chi connectivity index (χ1n) is 15.0. The van der Waals surface area contributed by atoms with Crippen LogP contribution in [0.3, 0.4) is 0 Å². The maximum absolute atomic E-state index is 13.5. The lowest BCUT2D eigenvalue weighted by molar-refractivity contribution is -0.137. The van der Waals surface area contributed by atoms with Crippen LogP contribution in [0.4, 0.5) is 13.2 Å². The van der Waals surface area contributed by atoms with Crippen molar-refractivity contribution in [3.63, 3.8) is 0 Å². The van der Waals surface area contributed by atoms with Crippen LogP contribution >= 0.6 is 0 Å². The van der Waals surface area contributed by atoms with E-state index in [1.54, 1.807) is 30.7 Å². The predicted octanol–water partition coefficient (Wildman–Crippen LogP) is 5.07. The molecule has 2 aliphatic heterocycles. The number of rotatable bonds is 5. The number of pyridine rings is 1. The summed E-state index contributed by atoms with van der Waals surface area (Å²) in [7, 11) is 0. The van der Waals surface area contributed by atoms with Gasteiger partial charge in [0.2, 0.25) is 0 Å². The van der Waals surface area contributed by atoms with Gasteiger partial charge in [-0.1, -0.05) is 12.1 Å². The fourth-order valence-electron chi connectivity index (χ4n) is 7.22. The van der Waals surface area contributed by atoms with Crippen molar-refractivity contribution >= 4 is 5.91 Å². The van der Waals surface area contributed by atoms with Crippen molar-refractivity contribution in [2.45, 2.75) is 68.4 Å². The maximum Gasteiger partial charge on any atom is 0.416 e. The molecule has 1 amide bonds. The van der Waals surface area contributed by atoms with Gasteiger partial charge in [-0.3, -0.25) is 14.7 Å². The minimum Gasteiger partial charge on any atom is -0.384 e. The molecule has 1 aliphatic carbocycles. The molecule has 2 saturated heterocycles. The number of nitrogens with zero attached hydrogens (tertiary/aromatic N) is 6. The quantitative estimate of drug-likeness (QED) is 0.328. The lowest BCUT2D eigenvalue weighted by atomic mass is 9.79. The van der Waals surface area contributed by atoms with Crippen molar-refractivity contribution in [1.82, 2.24) is 34.7 Å². The third-order valence-corrected chi connectivity index (χ3v) is 9.47. The Hall–Kier alpha value is -4.16. The molecule has 3 aliphatic rings. The Morgan fingerprint density at radius 3 is 2.39 bits per heavy atom. The van der Waals surface area contributed by atoms with E-state index in [1.807, 2.05) is 17.0 Å². The molecular weight excluding hydrogens is 571 g/mol. The summed E-state index contributed by atoms with van der Waals surface area (Å²) < 4.78 is 39.5. The monoisotopic (exact) mass is 603 g/mol. The van der Waals surface area contributed by atoms with Crippen LogP contribution in [0.25, 0.3) is 22.8 Å². The van der Waals surface area contributed by atoms with E-state index < -0.39 is 17.3 Å². The molecule has 228 valence electrons. The molecule has 7 rings (SSSR count). The van der Waals surface area contributed by atoms with E-state index in [1.165, 1.54) is 12.3 Å². The predicted molar refractivity (Wildman–Crippen MR) is 155 cm³/mol. The SMILES string of the molecule is O=C(c1cnc(-c2cccc(C(F)(F)F)c2)[nH]1)N1CCC2C1CCN2[C@H]1CC[C@](O)(c2ccc(-c3ncccn3)cn2)CC1. The number of carbonyl (C=O) groups is 1. The third-order valence-electron chi connectivity index (χ3n) is 9.47. The number of carbonyl (C=O) groups excluding carboxylic acids is 1. The lowest BCUT2D eigenvalue weighted by Crippen LogP contribution is -2.46. The van der Waals surface area contributed by atoms with Crippen LogP contribution in [0, 0.1) is 0 Å². The Morgan fingerprint density at radius 2 is 1.66 bits per heavy atom. The van der Waals surface area contributed by atoms with Gasteiger partial charge in [0.1, 0.15) is 17.1 Å². The normalized spacial score (nSPS) is 25.7. The van der Waals surface area contributed by atoms with E-state index in [0.717, 1.165) is 49.9 Å². The van der Waals surface area contributed by atoms with Gasteiger partial charge in [0, 0.05) is 60.9 Å². The molecule has 0 spiro atoms. The van der Waals surface area contributed by atoms with Gasteiger partial charge in [0.15, 0.2) is 5.82 Å². The molecule has 9 nitrogen and oxygen atoms in total. The molecule has 2 unspecified atom stereocenters. The van der Waals surface area contributed by atoms with Crippen molar-refractivity contribution in [2.75, 3.05) is 13.1 Å². The number of aromatic amines is 1. The zero-order valence-electron chi connectivity index (χ0n) is 23.9. The number of aromatic nitrogens is 5. The van der Waals surface area contributed by atoms with Gasteiger partial charge >= 0.3 is 6.18 Å². The Bertz CT molecular complexity index is 1640. The Morgan fingerprint density at radius 1 is 0.886 bits per heavy atom. The number of imidazole rings is 1. The Balaban J connectivity index is 0.981. The zero-order valence-corrected chi connectivity index (χ0v) is 23.9. The highest BCUT2D eigenvalue weighted by atomic mass is 19.4. The molecule has 5 heterocycles. The molecule has 2 N–H and O–H groups in total. The van der Waals surface area contributed by atoms with Gasteiger partial charge < -0.3 is 15.0 Å². The summed E-state index contributed by atoms with van der Waals surface area (Å²) in [5.41, 5.74) is 0.270. The van der Waals surface area contributed by atoms with E-state index in [-0.39, 0.29) is 35.1 Å². The van der Waals surface area contributed by atoms with E-state index in [9.17, 15) is 23.1 Å². The minimum atomic E-state index is -4.46. The van der Waals surface area contributed by atoms with Gasteiger partial charge in [-0.05, 0) is 68.9 Å². The molecule has 0 radical (unpaired) electrons. The van der Waals surface area contributed by atoms with Crippen LogP contribution in [-0.2, 0) is 11.8 Å². The fourth-order valence-corrected chi connectivity index (χ4v) is 7.22. The number of H-pyrrole nitrogens is 1. The van der Waals surface area contributed by atoms with Crippen molar-refractivity contribution in [3.05, 3.63) is 84.2 Å². The molecule has 1 saturated carbocycles. The highest BCUT2D eigenvalue weighted by molar-refractivity contribution is 5.93. The summed E-state index contributed by atoms with van der Waals surface area (Å²) in [6.45, 7) is 1.49. The molecule has 3 fully saturated rings. The molecule has 3 aromatic heterocycles. The lowest BCUT2D eigenvalue weighted by Gasteiger charge is -2.41. The number of hydrogen-bond donors (Lipinski definition) is 2. The number of fused-ring (bicyclic) bond motifs is 1. The molecule has 0 bridgehead atoms. The fraction of sp³-hybridized carbons (Fsp3) is 0.406. The highest BCUT2D eigenvalue weighted by Gasteiger charge is 2.48. The number of hydrogen-bond acceptors (Lipinski definition) is 7. The number of benzene rings is 1. The summed E-state index contributed by atoms with van der Waals surface area (Å²) >= 11 is 0. The zero-order chi connectivity index (χ0) is 30.5. The average molecular weight is 604 g/mol. The smallest absolute Gasteiger partial charge is 0.384 e. The standard InChI is InChI=1S/C32H32F3N7O2/c33-32(34,35)22-4-1-3-20(17-22)29-39-19-24(40-29)30(43)42-16-10-25-26(42)9-15-41(25)23-7-11-31(44,12-8-23)27-6-5-21(18-38-27)28-36-13-2-14-37-28/h1-6,13-14,17-19,23,25-26,44H,7-12,15-16H2,(H,39,40)/t23-,25?,26?,31+. The largest absolute Gasteiger partial charge is 0.416 e. The van der Waals surface area contributed by atoms with Crippen molar-refractivity contribution in [1.29, 1.82) is 0 Å². The van der Waals surface area contributed by atoms with Crippen LogP contribution in [0.5, 0.6) is 0 Å². The van der Waals surface area contributed by atoms with E-state index in [0.29, 0.717) is 36.9 Å². The van der Waals surface area contributed by atoms with Crippen LogP contribution in [0.1, 0.15) is 60.3 Å². The van der Waals surface area contributed by atoms with Crippen LogP contribution in [0.2, 0.25) is 0 Å². The number of halogens is 3. The summed E-state index contributed by atoms with van der Waals surface area (Å²) in [4.78, 5) is 38.2.